The molecule has 2 aromatic rings. The number of methoxy groups -OCH3 is 1. The highest BCUT2D eigenvalue weighted by atomic mass is 32.1. The van der Waals surface area contributed by atoms with Gasteiger partial charge in [0.1, 0.15) is 0 Å². The number of anilines is 2. The van der Waals surface area contributed by atoms with Gasteiger partial charge in [0, 0.05) is 11.4 Å². The summed E-state index contributed by atoms with van der Waals surface area (Å²) in [5, 5.41) is 5.31. The molecule has 0 fully saturated rings. The topological polar surface area (TPSA) is 64.3 Å². The average molecular weight is 276 g/mol. The first-order valence-corrected chi connectivity index (χ1v) is 6.75. The van der Waals surface area contributed by atoms with E-state index in [9.17, 15) is 4.79 Å². The van der Waals surface area contributed by atoms with Crippen LogP contribution in [0.4, 0.5) is 11.4 Å². The lowest BCUT2D eigenvalue weighted by molar-refractivity contribution is 0.0602. The number of carbonyl (C=O) groups is 1. The van der Waals surface area contributed by atoms with E-state index in [-0.39, 0.29) is 0 Å². The lowest BCUT2D eigenvalue weighted by Crippen LogP contribution is -2.09. The number of nitrogen functional groups attached to an aromatic ring is 1. The molecule has 0 spiro atoms. The minimum Gasteiger partial charge on any atom is -0.465 e. The fraction of sp³-hybridized carbons (Fsp3) is 0.214. The Bertz CT molecular complexity index is 593. The third kappa shape index (κ3) is 2.88. The van der Waals surface area contributed by atoms with Gasteiger partial charge in [-0.15, -0.1) is 11.3 Å². The summed E-state index contributed by atoms with van der Waals surface area (Å²) < 4.78 is 4.70. The number of rotatable bonds is 4. The summed E-state index contributed by atoms with van der Waals surface area (Å²) in [6.07, 6.45) is 0. The van der Waals surface area contributed by atoms with E-state index < -0.39 is 5.97 Å². The molecule has 2 rings (SSSR count). The van der Waals surface area contributed by atoms with Crippen LogP contribution in [0.1, 0.15) is 20.8 Å². The largest absolute Gasteiger partial charge is 0.465 e. The van der Waals surface area contributed by atoms with Gasteiger partial charge >= 0.3 is 5.97 Å². The van der Waals surface area contributed by atoms with Gasteiger partial charge in [0.05, 0.1) is 24.0 Å². The molecule has 1 aromatic heterocycles. The zero-order valence-corrected chi connectivity index (χ0v) is 11.7. The molecule has 0 aliphatic heterocycles. The maximum Gasteiger partial charge on any atom is 0.340 e. The van der Waals surface area contributed by atoms with Crippen molar-refractivity contribution < 1.29 is 9.53 Å². The lowest BCUT2D eigenvalue weighted by Gasteiger charge is -2.11. The summed E-state index contributed by atoms with van der Waals surface area (Å²) in [5.74, 6) is -0.423. The molecular weight excluding hydrogens is 260 g/mol. The van der Waals surface area contributed by atoms with Crippen LogP contribution in [0.15, 0.2) is 29.6 Å². The average Bonchev–Trinajstić information content (AvgIpc) is 2.82. The van der Waals surface area contributed by atoms with Crippen molar-refractivity contribution >= 4 is 28.7 Å². The maximum absolute atomic E-state index is 11.5. The Balaban J connectivity index is 2.17. The van der Waals surface area contributed by atoms with Crippen LogP contribution in [0.25, 0.3) is 0 Å². The predicted octanol–water partition coefficient (Wildman–Crippen LogP) is 3.04. The Morgan fingerprint density at radius 2 is 2.21 bits per heavy atom. The van der Waals surface area contributed by atoms with E-state index in [1.54, 1.807) is 23.5 Å². The van der Waals surface area contributed by atoms with E-state index in [0.29, 0.717) is 17.8 Å². The molecule has 100 valence electrons. The zero-order chi connectivity index (χ0) is 13.8. The van der Waals surface area contributed by atoms with Crippen molar-refractivity contribution in [2.75, 3.05) is 18.2 Å². The number of hydrogen-bond donors (Lipinski definition) is 2. The maximum atomic E-state index is 11.5. The molecule has 0 bridgehead atoms. The van der Waals surface area contributed by atoms with Crippen molar-refractivity contribution in [2.45, 2.75) is 13.5 Å². The second-order valence-electron chi connectivity index (χ2n) is 4.14. The van der Waals surface area contributed by atoms with Gasteiger partial charge in [0.25, 0.3) is 0 Å². The third-order valence-electron chi connectivity index (χ3n) is 2.92. The number of ether oxygens (including phenoxy) is 1. The van der Waals surface area contributed by atoms with Gasteiger partial charge in [-0.1, -0.05) is 6.07 Å². The first-order chi connectivity index (χ1) is 9.13. The van der Waals surface area contributed by atoms with Gasteiger partial charge in [-0.2, -0.15) is 0 Å². The normalized spacial score (nSPS) is 10.2. The van der Waals surface area contributed by atoms with Crippen molar-refractivity contribution in [3.8, 4) is 0 Å². The number of carbonyl (C=O) groups excluding carboxylic acids is 1. The molecule has 0 saturated heterocycles. The fourth-order valence-corrected chi connectivity index (χ4v) is 2.61. The van der Waals surface area contributed by atoms with Gasteiger partial charge in [-0.25, -0.2) is 4.79 Å². The van der Waals surface area contributed by atoms with Crippen LogP contribution in [0.5, 0.6) is 0 Å². The number of benzene rings is 1. The minimum atomic E-state index is -0.423. The second kappa shape index (κ2) is 5.75. The molecule has 0 unspecified atom stereocenters. The Kier molecular flexibility index (Phi) is 4.06. The molecule has 0 radical (unpaired) electrons. The molecule has 5 heteroatoms. The van der Waals surface area contributed by atoms with E-state index in [2.05, 4.69) is 23.7 Å². The van der Waals surface area contributed by atoms with E-state index in [4.69, 9.17) is 10.5 Å². The van der Waals surface area contributed by atoms with Crippen LogP contribution in [0.3, 0.4) is 0 Å². The number of para-hydroxylation sites is 1. The zero-order valence-electron chi connectivity index (χ0n) is 10.9. The molecule has 0 saturated carbocycles. The van der Waals surface area contributed by atoms with E-state index >= 15 is 0 Å². The Morgan fingerprint density at radius 3 is 2.84 bits per heavy atom. The SMILES string of the molecule is COC(=O)c1cccc(NCc2sccc2C)c1N. The van der Waals surface area contributed by atoms with Gasteiger partial charge < -0.3 is 15.8 Å². The fourth-order valence-electron chi connectivity index (χ4n) is 1.77. The molecule has 0 aliphatic rings. The van der Waals surface area contributed by atoms with Crippen molar-refractivity contribution in [1.29, 1.82) is 0 Å². The minimum absolute atomic E-state index is 0.385. The van der Waals surface area contributed by atoms with Crippen molar-refractivity contribution in [3.05, 3.63) is 45.6 Å². The van der Waals surface area contributed by atoms with E-state index in [1.807, 2.05) is 6.07 Å². The highest BCUT2D eigenvalue weighted by Gasteiger charge is 2.12. The molecular formula is C14H16N2O2S. The first-order valence-electron chi connectivity index (χ1n) is 5.87. The smallest absolute Gasteiger partial charge is 0.340 e. The standard InChI is InChI=1S/C14H16N2O2S/c1-9-6-7-19-12(9)8-16-11-5-3-4-10(13(11)15)14(17)18-2/h3-7,16H,8,15H2,1-2H3. The quantitative estimate of drug-likeness (QED) is 0.665. The molecule has 4 nitrogen and oxygen atoms in total. The summed E-state index contributed by atoms with van der Waals surface area (Å²) in [7, 11) is 1.34. The predicted molar refractivity (Wildman–Crippen MR) is 78.6 cm³/mol. The first kappa shape index (κ1) is 13.4. The molecule has 19 heavy (non-hydrogen) atoms. The Morgan fingerprint density at radius 1 is 1.42 bits per heavy atom. The molecule has 0 atom stereocenters. The van der Waals surface area contributed by atoms with E-state index in [1.165, 1.54) is 17.6 Å². The highest BCUT2D eigenvalue weighted by molar-refractivity contribution is 7.10. The molecule has 0 aliphatic carbocycles. The van der Waals surface area contributed by atoms with Crippen LogP contribution >= 0.6 is 11.3 Å². The summed E-state index contributed by atoms with van der Waals surface area (Å²) in [5.41, 5.74) is 8.78. The highest BCUT2D eigenvalue weighted by Crippen LogP contribution is 2.25. The third-order valence-corrected chi connectivity index (χ3v) is 3.94. The van der Waals surface area contributed by atoms with Crippen LogP contribution in [0.2, 0.25) is 0 Å². The van der Waals surface area contributed by atoms with Crippen molar-refractivity contribution in [2.24, 2.45) is 0 Å². The number of nitrogens with one attached hydrogen (secondary N) is 1. The summed E-state index contributed by atoms with van der Waals surface area (Å²) >= 11 is 1.69. The summed E-state index contributed by atoms with van der Waals surface area (Å²) in [6.45, 7) is 2.76. The molecule has 0 amide bonds. The van der Waals surface area contributed by atoms with Crippen molar-refractivity contribution in [1.82, 2.24) is 0 Å². The van der Waals surface area contributed by atoms with Gasteiger partial charge in [0.2, 0.25) is 0 Å². The number of hydrogen-bond acceptors (Lipinski definition) is 5. The summed E-state index contributed by atoms with van der Waals surface area (Å²) in [6, 6.07) is 7.37. The molecule has 1 aromatic carbocycles. The second-order valence-corrected chi connectivity index (χ2v) is 5.14. The van der Waals surface area contributed by atoms with Crippen LogP contribution in [-0.2, 0) is 11.3 Å². The Labute approximate surface area is 116 Å². The number of esters is 1. The number of nitrogens with two attached hydrogens (primary N) is 1. The lowest BCUT2D eigenvalue weighted by atomic mass is 10.1. The number of aryl methyl sites for hydroxylation is 1. The monoisotopic (exact) mass is 276 g/mol. The summed E-state index contributed by atoms with van der Waals surface area (Å²) in [4.78, 5) is 12.8. The van der Waals surface area contributed by atoms with Gasteiger partial charge in [-0.05, 0) is 36.1 Å². The van der Waals surface area contributed by atoms with Crippen LogP contribution in [-0.4, -0.2) is 13.1 Å². The van der Waals surface area contributed by atoms with Gasteiger partial charge in [-0.3, -0.25) is 0 Å². The number of thiophene rings is 1. The van der Waals surface area contributed by atoms with Crippen LogP contribution < -0.4 is 11.1 Å². The van der Waals surface area contributed by atoms with Crippen molar-refractivity contribution in [3.63, 3.8) is 0 Å². The van der Waals surface area contributed by atoms with Gasteiger partial charge in [0.15, 0.2) is 0 Å². The van der Waals surface area contributed by atoms with Crippen LogP contribution in [0, 0.1) is 6.92 Å². The molecule has 1 heterocycles. The molecule has 3 N–H and O–H groups in total. The van der Waals surface area contributed by atoms with E-state index in [0.717, 1.165) is 5.69 Å². The Hall–Kier alpha value is -2.01.